The number of fused-ring (bicyclic) bond motifs is 2. The third kappa shape index (κ3) is 5.51. The number of phenols is 3. The summed E-state index contributed by atoms with van der Waals surface area (Å²) in [5.74, 6) is -2.91. The second kappa shape index (κ2) is 11.6. The molecule has 0 aliphatic rings. The van der Waals surface area contributed by atoms with E-state index < -0.39 is 40.6 Å². The molecule has 0 radical (unpaired) electrons. The molecule has 10 heteroatoms. The van der Waals surface area contributed by atoms with Crippen LogP contribution in [0.4, 0.5) is 0 Å². The zero-order valence-corrected chi connectivity index (χ0v) is 24.1. The number of phenolic OH excluding ortho intramolecular Hbond substituents is 3. The maximum Gasteiger partial charge on any atom is 0.328 e. The van der Waals surface area contributed by atoms with Crippen molar-refractivity contribution in [3.63, 3.8) is 0 Å². The van der Waals surface area contributed by atoms with Gasteiger partial charge in [-0.3, -0.25) is 9.59 Å². The van der Waals surface area contributed by atoms with Gasteiger partial charge in [-0.05, 0) is 54.5 Å². The van der Waals surface area contributed by atoms with Crippen molar-refractivity contribution in [1.29, 1.82) is 0 Å². The average Bonchev–Trinajstić information content (AvgIpc) is 3.40. The Morgan fingerprint density at radius 1 is 0.977 bits per heavy atom. The Morgan fingerprint density at radius 2 is 1.67 bits per heavy atom. The molecule has 43 heavy (non-hydrogen) atoms. The molecule has 1 atom stereocenters. The van der Waals surface area contributed by atoms with Crippen molar-refractivity contribution in [3.05, 3.63) is 87.4 Å². The Hall–Kier alpha value is -5.25. The standard InChI is InChI=1S/C33H32N2O8/c1-16(2)13-22-27(36)30(39)29(38)26-28(37)25(17(3)43-31(22)26)18-9-11-19(12-10-18)32(40)35-24(33(41)42-4)15-21-14-20-7-5-6-8-23(20)34-21/h5-12,14,16,24,34,36,38-39H,13,15H2,1-4H3,(H,35,40)/t24-/m1/s1. The van der Waals surface area contributed by atoms with Gasteiger partial charge in [-0.25, -0.2) is 4.79 Å². The third-order valence-electron chi connectivity index (χ3n) is 7.38. The molecule has 10 nitrogen and oxygen atoms in total. The highest BCUT2D eigenvalue weighted by Gasteiger charge is 2.27. The van der Waals surface area contributed by atoms with Crippen LogP contribution in [-0.4, -0.2) is 45.3 Å². The van der Waals surface area contributed by atoms with E-state index in [-0.39, 0.29) is 45.8 Å². The van der Waals surface area contributed by atoms with Crippen LogP contribution < -0.4 is 10.7 Å². The Morgan fingerprint density at radius 3 is 2.33 bits per heavy atom. The van der Waals surface area contributed by atoms with Gasteiger partial charge in [0.1, 0.15) is 22.8 Å². The number of rotatable bonds is 8. The molecule has 222 valence electrons. The molecule has 0 aliphatic carbocycles. The molecule has 0 aliphatic heterocycles. The van der Waals surface area contributed by atoms with E-state index in [4.69, 9.17) is 9.15 Å². The molecule has 2 heterocycles. The topological polar surface area (TPSA) is 162 Å². The van der Waals surface area contributed by atoms with Crippen LogP contribution in [0.1, 0.15) is 41.2 Å². The number of hydrogen-bond acceptors (Lipinski definition) is 8. The lowest BCUT2D eigenvalue weighted by molar-refractivity contribution is -0.142. The largest absolute Gasteiger partial charge is 0.504 e. The van der Waals surface area contributed by atoms with Crippen LogP contribution in [0.15, 0.2) is 63.8 Å². The SMILES string of the molecule is COC(=O)[C@@H](Cc1cc2ccccc2[nH]1)NC(=O)c1ccc(-c2c(C)oc3c(CC(C)C)c(O)c(O)c(O)c3c2=O)cc1. The number of benzene rings is 3. The molecule has 1 amide bonds. The molecular formula is C33H32N2O8. The number of aromatic hydroxyl groups is 3. The van der Waals surface area contributed by atoms with E-state index in [1.54, 1.807) is 19.1 Å². The lowest BCUT2D eigenvalue weighted by Gasteiger charge is -2.16. The Balaban J connectivity index is 1.45. The molecule has 0 bridgehead atoms. The minimum absolute atomic E-state index is 0.00700. The summed E-state index contributed by atoms with van der Waals surface area (Å²) < 4.78 is 10.9. The van der Waals surface area contributed by atoms with Gasteiger partial charge in [0.05, 0.1) is 12.7 Å². The quantitative estimate of drug-likeness (QED) is 0.125. The van der Waals surface area contributed by atoms with Gasteiger partial charge in [-0.15, -0.1) is 0 Å². The average molecular weight is 585 g/mol. The minimum Gasteiger partial charge on any atom is -0.504 e. The van der Waals surface area contributed by atoms with Gasteiger partial charge in [0.25, 0.3) is 5.91 Å². The fourth-order valence-corrected chi connectivity index (χ4v) is 5.31. The summed E-state index contributed by atoms with van der Waals surface area (Å²) in [6.45, 7) is 5.39. The van der Waals surface area contributed by atoms with E-state index in [0.29, 0.717) is 12.0 Å². The summed E-state index contributed by atoms with van der Waals surface area (Å²) in [6.07, 6.45) is 0.488. The number of para-hydroxylation sites is 1. The number of hydrogen-bond donors (Lipinski definition) is 5. The number of carbonyl (C=O) groups is 2. The van der Waals surface area contributed by atoms with Crippen molar-refractivity contribution >= 4 is 33.7 Å². The number of esters is 1. The van der Waals surface area contributed by atoms with E-state index in [0.717, 1.165) is 16.6 Å². The van der Waals surface area contributed by atoms with E-state index >= 15 is 0 Å². The van der Waals surface area contributed by atoms with Crippen LogP contribution in [0.3, 0.4) is 0 Å². The second-order valence-corrected chi connectivity index (χ2v) is 10.9. The zero-order chi connectivity index (χ0) is 31.0. The van der Waals surface area contributed by atoms with Crippen molar-refractivity contribution in [1.82, 2.24) is 10.3 Å². The monoisotopic (exact) mass is 584 g/mol. The molecule has 5 N–H and O–H groups in total. The number of amides is 1. The van der Waals surface area contributed by atoms with Crippen molar-refractivity contribution in [3.8, 4) is 28.4 Å². The number of ether oxygens (including phenoxy) is 1. The van der Waals surface area contributed by atoms with E-state index in [1.807, 2.05) is 44.2 Å². The number of aromatic amines is 1. The van der Waals surface area contributed by atoms with Crippen LogP contribution in [0.25, 0.3) is 33.0 Å². The fourth-order valence-electron chi connectivity index (χ4n) is 5.31. The molecule has 0 spiro atoms. The fraction of sp³-hybridized carbons (Fsp3) is 0.242. The number of carbonyl (C=O) groups excluding carboxylic acids is 2. The summed E-state index contributed by atoms with van der Waals surface area (Å²) in [6, 6.07) is 14.7. The Bertz CT molecular complexity index is 1890. The number of nitrogens with one attached hydrogen (secondary N) is 2. The molecule has 0 saturated heterocycles. The Labute approximate surface area is 246 Å². The smallest absolute Gasteiger partial charge is 0.328 e. The number of aryl methyl sites for hydroxylation is 1. The van der Waals surface area contributed by atoms with Gasteiger partial charge >= 0.3 is 5.97 Å². The van der Waals surface area contributed by atoms with Gasteiger partial charge in [0.15, 0.2) is 11.5 Å². The maximum atomic E-state index is 13.6. The lowest BCUT2D eigenvalue weighted by atomic mass is 9.95. The summed E-state index contributed by atoms with van der Waals surface area (Å²) in [5, 5.41) is 34.9. The number of H-pyrrole nitrogens is 1. The first-order valence-electron chi connectivity index (χ1n) is 13.8. The molecule has 0 saturated carbocycles. The maximum absolute atomic E-state index is 13.6. The van der Waals surface area contributed by atoms with Crippen LogP contribution in [0.5, 0.6) is 17.2 Å². The first-order chi connectivity index (χ1) is 20.5. The van der Waals surface area contributed by atoms with Crippen LogP contribution in [0, 0.1) is 12.8 Å². The summed E-state index contributed by atoms with van der Waals surface area (Å²) in [7, 11) is 1.25. The van der Waals surface area contributed by atoms with E-state index in [1.165, 1.54) is 19.2 Å². The van der Waals surface area contributed by atoms with Gasteiger partial charge in [0.2, 0.25) is 11.2 Å². The molecule has 2 aromatic heterocycles. The van der Waals surface area contributed by atoms with Crippen molar-refractivity contribution in [2.24, 2.45) is 5.92 Å². The van der Waals surface area contributed by atoms with Crippen molar-refractivity contribution in [2.45, 2.75) is 39.7 Å². The molecule has 5 aromatic rings. The molecule has 5 rings (SSSR count). The second-order valence-electron chi connectivity index (χ2n) is 10.9. The van der Waals surface area contributed by atoms with Crippen LogP contribution >= 0.6 is 0 Å². The highest BCUT2D eigenvalue weighted by molar-refractivity contribution is 5.98. The van der Waals surface area contributed by atoms with Crippen LogP contribution in [-0.2, 0) is 22.4 Å². The van der Waals surface area contributed by atoms with Gasteiger partial charge in [-0.2, -0.15) is 0 Å². The first-order valence-corrected chi connectivity index (χ1v) is 13.8. The normalized spacial score (nSPS) is 12.1. The van der Waals surface area contributed by atoms with Gasteiger partial charge in [-0.1, -0.05) is 44.2 Å². The molecule has 3 aromatic carbocycles. The van der Waals surface area contributed by atoms with Crippen molar-refractivity contribution in [2.75, 3.05) is 7.11 Å². The lowest BCUT2D eigenvalue weighted by Crippen LogP contribution is -2.43. The van der Waals surface area contributed by atoms with Crippen molar-refractivity contribution < 1.29 is 34.1 Å². The third-order valence-corrected chi connectivity index (χ3v) is 7.38. The molecule has 0 unspecified atom stereocenters. The predicted octanol–water partition coefficient (Wildman–Crippen LogP) is 5.08. The number of aromatic nitrogens is 1. The highest BCUT2D eigenvalue weighted by Crippen LogP contribution is 2.45. The summed E-state index contributed by atoms with van der Waals surface area (Å²) >= 11 is 0. The predicted molar refractivity (Wildman–Crippen MR) is 161 cm³/mol. The van der Waals surface area contributed by atoms with Crippen LogP contribution in [0.2, 0.25) is 0 Å². The zero-order valence-electron chi connectivity index (χ0n) is 24.1. The summed E-state index contributed by atoms with van der Waals surface area (Å²) in [5.41, 5.74) is 2.07. The molecule has 0 fully saturated rings. The first kappa shape index (κ1) is 29.2. The Kier molecular flexibility index (Phi) is 7.86. The van der Waals surface area contributed by atoms with Gasteiger partial charge < -0.3 is 34.8 Å². The highest BCUT2D eigenvalue weighted by atomic mass is 16.5. The van der Waals surface area contributed by atoms with Gasteiger partial charge in [0, 0.05) is 28.8 Å². The number of methoxy groups -OCH3 is 1. The summed E-state index contributed by atoms with van der Waals surface area (Å²) in [4.78, 5) is 42.5. The van der Waals surface area contributed by atoms with E-state index in [9.17, 15) is 29.7 Å². The molecular weight excluding hydrogens is 552 g/mol. The minimum atomic E-state index is -0.952. The van der Waals surface area contributed by atoms with E-state index in [2.05, 4.69) is 10.3 Å².